The van der Waals surface area contributed by atoms with Gasteiger partial charge in [-0.05, 0) is 18.9 Å². The lowest BCUT2D eigenvalue weighted by Gasteiger charge is -2.27. The van der Waals surface area contributed by atoms with Crippen LogP contribution in [-0.2, 0) is 20.9 Å². The van der Waals surface area contributed by atoms with Crippen LogP contribution in [0.1, 0.15) is 25.3 Å². The first-order valence-corrected chi connectivity index (χ1v) is 7.22. The van der Waals surface area contributed by atoms with Gasteiger partial charge in [-0.25, -0.2) is 4.79 Å². The van der Waals surface area contributed by atoms with Gasteiger partial charge in [0.25, 0.3) is 0 Å². The van der Waals surface area contributed by atoms with Gasteiger partial charge in [0.2, 0.25) is 5.91 Å². The van der Waals surface area contributed by atoms with Crippen LogP contribution in [0, 0.1) is 6.42 Å². The Labute approximate surface area is 124 Å². The van der Waals surface area contributed by atoms with E-state index >= 15 is 0 Å². The van der Waals surface area contributed by atoms with E-state index in [1.807, 2.05) is 30.3 Å². The maximum absolute atomic E-state index is 12.1. The lowest BCUT2D eigenvalue weighted by molar-refractivity contribution is -0.155. The molecule has 4 heteroatoms. The molecular formula is C17H18NO3. The molecule has 1 aliphatic carbocycles. The number of esters is 1. The Kier molecular flexibility index (Phi) is 3.78. The number of hydrogen-bond acceptors (Lipinski definition) is 3. The van der Waals surface area contributed by atoms with Crippen LogP contribution in [-0.4, -0.2) is 29.4 Å². The summed E-state index contributed by atoms with van der Waals surface area (Å²) >= 11 is 0. The fourth-order valence-corrected chi connectivity index (χ4v) is 2.59. The van der Waals surface area contributed by atoms with Crippen LogP contribution in [0.3, 0.4) is 0 Å². The summed E-state index contributed by atoms with van der Waals surface area (Å²) in [7, 11) is 0. The molecule has 3 rings (SSSR count). The first-order chi connectivity index (χ1) is 10.1. The average Bonchev–Trinajstić information content (AvgIpc) is 3.24. The lowest BCUT2D eigenvalue weighted by atomic mass is 10.2. The Morgan fingerprint density at radius 1 is 1.29 bits per heavy atom. The SMILES string of the molecule is CC(C(=O)OCc1ccccc1)N1CCC2=C([CH]2)CC1=O. The fourth-order valence-electron chi connectivity index (χ4n) is 2.59. The summed E-state index contributed by atoms with van der Waals surface area (Å²) < 4.78 is 5.32. The molecule has 0 aromatic heterocycles. The summed E-state index contributed by atoms with van der Waals surface area (Å²) in [4.78, 5) is 25.9. The van der Waals surface area contributed by atoms with Gasteiger partial charge in [0, 0.05) is 19.4 Å². The van der Waals surface area contributed by atoms with E-state index in [1.165, 1.54) is 5.57 Å². The molecule has 0 fully saturated rings. The van der Waals surface area contributed by atoms with Gasteiger partial charge in [-0.1, -0.05) is 41.5 Å². The minimum absolute atomic E-state index is 0.0120. The molecule has 0 bridgehead atoms. The summed E-state index contributed by atoms with van der Waals surface area (Å²) in [5.74, 6) is -0.334. The molecule has 0 N–H and O–H groups in total. The Morgan fingerprint density at radius 2 is 2.05 bits per heavy atom. The van der Waals surface area contributed by atoms with Crippen LogP contribution < -0.4 is 0 Å². The maximum atomic E-state index is 12.1. The summed E-state index contributed by atoms with van der Waals surface area (Å²) in [6.07, 6.45) is 3.33. The molecule has 4 nitrogen and oxygen atoms in total. The number of ether oxygens (including phenoxy) is 1. The first kappa shape index (κ1) is 13.9. The molecule has 2 aliphatic rings. The molecular weight excluding hydrogens is 266 g/mol. The zero-order chi connectivity index (χ0) is 14.8. The number of rotatable bonds is 4. The summed E-state index contributed by atoms with van der Waals surface area (Å²) in [6, 6.07) is 9.02. The number of likely N-dealkylation sites (tertiary alicyclic amines) is 1. The van der Waals surface area contributed by atoms with E-state index in [0.29, 0.717) is 13.0 Å². The van der Waals surface area contributed by atoms with E-state index < -0.39 is 6.04 Å². The van der Waals surface area contributed by atoms with Gasteiger partial charge < -0.3 is 9.64 Å². The summed E-state index contributed by atoms with van der Waals surface area (Å²) in [5.41, 5.74) is 3.37. The van der Waals surface area contributed by atoms with Crippen molar-refractivity contribution < 1.29 is 14.3 Å². The number of hydrogen-bond donors (Lipinski definition) is 0. The van der Waals surface area contributed by atoms with E-state index in [2.05, 4.69) is 6.42 Å². The highest BCUT2D eigenvalue weighted by atomic mass is 16.5. The second-order valence-electron chi connectivity index (χ2n) is 5.48. The molecule has 109 valence electrons. The van der Waals surface area contributed by atoms with Gasteiger partial charge in [-0.15, -0.1) is 0 Å². The molecule has 1 atom stereocenters. The Balaban J connectivity index is 1.55. The molecule has 1 unspecified atom stereocenters. The Bertz CT molecular complexity index is 591. The number of carbonyl (C=O) groups excluding carboxylic acids is 2. The van der Waals surface area contributed by atoms with Crippen molar-refractivity contribution in [3.05, 3.63) is 53.5 Å². The van der Waals surface area contributed by atoms with E-state index in [9.17, 15) is 9.59 Å². The van der Waals surface area contributed by atoms with Gasteiger partial charge in [0.05, 0.1) is 0 Å². The number of nitrogens with zero attached hydrogens (tertiary/aromatic N) is 1. The van der Waals surface area contributed by atoms with Crippen molar-refractivity contribution in [2.45, 2.75) is 32.4 Å². The monoisotopic (exact) mass is 284 g/mol. The highest BCUT2D eigenvalue weighted by Crippen LogP contribution is 2.38. The first-order valence-electron chi connectivity index (χ1n) is 7.22. The molecule has 0 saturated carbocycles. The topological polar surface area (TPSA) is 46.6 Å². The zero-order valence-corrected chi connectivity index (χ0v) is 12.0. The van der Waals surface area contributed by atoms with Crippen LogP contribution in [0.2, 0.25) is 0 Å². The molecule has 21 heavy (non-hydrogen) atoms. The van der Waals surface area contributed by atoms with E-state index in [0.717, 1.165) is 17.6 Å². The number of carbonyl (C=O) groups is 2. The highest BCUT2D eigenvalue weighted by Gasteiger charge is 2.34. The van der Waals surface area contributed by atoms with Gasteiger partial charge in [0.1, 0.15) is 12.6 Å². The smallest absolute Gasteiger partial charge is 0.328 e. The van der Waals surface area contributed by atoms with Gasteiger partial charge >= 0.3 is 5.97 Å². The molecule has 0 saturated heterocycles. The van der Waals surface area contributed by atoms with Crippen LogP contribution in [0.15, 0.2) is 41.5 Å². The Morgan fingerprint density at radius 3 is 2.81 bits per heavy atom. The van der Waals surface area contributed by atoms with Gasteiger partial charge in [-0.3, -0.25) is 4.79 Å². The van der Waals surface area contributed by atoms with Crippen LogP contribution >= 0.6 is 0 Å². The Hall–Kier alpha value is -2.10. The van der Waals surface area contributed by atoms with E-state index in [1.54, 1.807) is 11.8 Å². The van der Waals surface area contributed by atoms with Crippen molar-refractivity contribution in [2.75, 3.05) is 6.54 Å². The molecule has 1 amide bonds. The minimum Gasteiger partial charge on any atom is -0.459 e. The average molecular weight is 284 g/mol. The predicted molar refractivity (Wildman–Crippen MR) is 78.0 cm³/mol. The molecule has 1 aromatic carbocycles. The van der Waals surface area contributed by atoms with Crippen molar-refractivity contribution in [2.24, 2.45) is 0 Å². The molecule has 1 aromatic rings. The molecule has 1 radical (unpaired) electrons. The van der Waals surface area contributed by atoms with Crippen molar-refractivity contribution in [1.82, 2.24) is 4.90 Å². The largest absolute Gasteiger partial charge is 0.459 e. The van der Waals surface area contributed by atoms with Crippen LogP contribution in [0.25, 0.3) is 0 Å². The summed E-state index contributed by atoms with van der Waals surface area (Å²) in [5, 5.41) is 0. The minimum atomic E-state index is -0.528. The predicted octanol–water partition coefficient (Wildman–Crippen LogP) is 2.26. The maximum Gasteiger partial charge on any atom is 0.328 e. The third-order valence-corrected chi connectivity index (χ3v) is 3.99. The zero-order valence-electron chi connectivity index (χ0n) is 12.0. The fraction of sp³-hybridized carbons (Fsp3) is 0.353. The van der Waals surface area contributed by atoms with Gasteiger partial charge in [0.15, 0.2) is 0 Å². The second kappa shape index (κ2) is 5.72. The third-order valence-electron chi connectivity index (χ3n) is 3.99. The van der Waals surface area contributed by atoms with E-state index in [4.69, 9.17) is 4.74 Å². The van der Waals surface area contributed by atoms with Gasteiger partial charge in [-0.2, -0.15) is 0 Å². The quantitative estimate of drug-likeness (QED) is 0.797. The van der Waals surface area contributed by atoms with Crippen LogP contribution in [0.4, 0.5) is 0 Å². The van der Waals surface area contributed by atoms with Crippen molar-refractivity contribution in [1.29, 1.82) is 0 Å². The normalized spacial score (nSPS) is 18.9. The third kappa shape index (κ3) is 3.15. The number of benzene rings is 1. The van der Waals surface area contributed by atoms with Crippen molar-refractivity contribution in [3.63, 3.8) is 0 Å². The van der Waals surface area contributed by atoms with Crippen molar-refractivity contribution in [3.8, 4) is 0 Å². The lowest BCUT2D eigenvalue weighted by Crippen LogP contribution is -2.44. The number of amides is 1. The standard InChI is InChI=1S/C17H18NO3/c1-12(17(20)21-11-13-5-3-2-4-6-13)18-8-7-14-9-15(14)10-16(18)19/h2-6,9,12H,7-8,10-11H2,1H3. The molecule has 1 aliphatic heterocycles. The van der Waals surface area contributed by atoms with E-state index in [-0.39, 0.29) is 18.5 Å². The second-order valence-corrected chi connectivity index (χ2v) is 5.48. The summed E-state index contributed by atoms with van der Waals surface area (Å²) in [6.45, 7) is 2.57. The molecule has 1 heterocycles. The van der Waals surface area contributed by atoms with Crippen molar-refractivity contribution >= 4 is 11.9 Å². The van der Waals surface area contributed by atoms with Crippen LogP contribution in [0.5, 0.6) is 0 Å². The highest BCUT2D eigenvalue weighted by molar-refractivity contribution is 5.88. The molecule has 0 spiro atoms.